The number of nitrogens with zero attached hydrogens (tertiary/aromatic N) is 1. The summed E-state index contributed by atoms with van der Waals surface area (Å²) in [6, 6.07) is 6.28. The van der Waals surface area contributed by atoms with Crippen molar-refractivity contribution >= 4 is 0 Å². The number of aliphatic hydroxyl groups is 1. The summed E-state index contributed by atoms with van der Waals surface area (Å²) < 4.78 is 0. The van der Waals surface area contributed by atoms with E-state index in [0.717, 1.165) is 24.3 Å². The number of aryl methyl sites for hydroxylation is 1. The van der Waals surface area contributed by atoms with Crippen LogP contribution in [0.15, 0.2) is 18.2 Å². The molecular formula is C18H29NO. The molecule has 1 fully saturated rings. The largest absolute Gasteiger partial charge is 0.386 e. The van der Waals surface area contributed by atoms with Gasteiger partial charge in [0.25, 0.3) is 0 Å². The van der Waals surface area contributed by atoms with Crippen LogP contribution in [0.3, 0.4) is 0 Å². The molecule has 0 heterocycles. The van der Waals surface area contributed by atoms with E-state index in [4.69, 9.17) is 0 Å². The first-order chi connectivity index (χ1) is 9.38. The van der Waals surface area contributed by atoms with Crippen LogP contribution in [0.4, 0.5) is 0 Å². The average Bonchev–Trinajstić information content (AvgIpc) is 2.42. The normalized spacial score (nSPS) is 28.6. The lowest BCUT2D eigenvalue weighted by molar-refractivity contribution is -0.0411. The van der Waals surface area contributed by atoms with E-state index < -0.39 is 6.10 Å². The molecule has 0 bridgehead atoms. The highest BCUT2D eigenvalue weighted by atomic mass is 16.3. The van der Waals surface area contributed by atoms with Crippen LogP contribution in [0.1, 0.15) is 55.4 Å². The van der Waals surface area contributed by atoms with Gasteiger partial charge in [0.1, 0.15) is 0 Å². The van der Waals surface area contributed by atoms with Crippen molar-refractivity contribution in [2.24, 2.45) is 5.92 Å². The van der Waals surface area contributed by atoms with Gasteiger partial charge in [-0.15, -0.1) is 0 Å². The Morgan fingerprint density at radius 1 is 1.20 bits per heavy atom. The zero-order valence-corrected chi connectivity index (χ0v) is 13.6. The Hall–Kier alpha value is -0.860. The summed E-state index contributed by atoms with van der Waals surface area (Å²) in [6.07, 6.45) is 4.18. The Morgan fingerprint density at radius 3 is 2.35 bits per heavy atom. The van der Waals surface area contributed by atoms with E-state index in [9.17, 15) is 5.11 Å². The summed E-state index contributed by atoms with van der Waals surface area (Å²) in [4.78, 5) is 2.26. The van der Waals surface area contributed by atoms with Crippen molar-refractivity contribution in [3.8, 4) is 0 Å². The minimum Gasteiger partial charge on any atom is -0.386 e. The van der Waals surface area contributed by atoms with E-state index >= 15 is 0 Å². The Kier molecular flexibility index (Phi) is 4.55. The molecule has 1 aromatic rings. The molecule has 1 aliphatic carbocycles. The lowest BCUT2D eigenvalue weighted by Gasteiger charge is -2.48. The van der Waals surface area contributed by atoms with Crippen LogP contribution in [0.2, 0.25) is 0 Å². The van der Waals surface area contributed by atoms with E-state index in [2.05, 4.69) is 58.0 Å². The van der Waals surface area contributed by atoms with Crippen molar-refractivity contribution < 1.29 is 5.11 Å². The zero-order valence-electron chi connectivity index (χ0n) is 13.6. The van der Waals surface area contributed by atoms with Crippen LogP contribution in [0.5, 0.6) is 0 Å². The third kappa shape index (κ3) is 2.64. The second kappa shape index (κ2) is 5.87. The summed E-state index contributed by atoms with van der Waals surface area (Å²) in [6.45, 7) is 6.57. The van der Waals surface area contributed by atoms with Crippen LogP contribution in [0, 0.1) is 19.8 Å². The van der Waals surface area contributed by atoms with Gasteiger partial charge in [0.05, 0.1) is 11.6 Å². The fourth-order valence-corrected chi connectivity index (χ4v) is 3.59. The van der Waals surface area contributed by atoms with Crippen molar-refractivity contribution in [3.63, 3.8) is 0 Å². The fourth-order valence-electron chi connectivity index (χ4n) is 3.59. The molecule has 2 nitrogen and oxygen atoms in total. The average molecular weight is 275 g/mol. The van der Waals surface area contributed by atoms with Crippen molar-refractivity contribution in [3.05, 3.63) is 34.9 Å². The summed E-state index contributed by atoms with van der Waals surface area (Å²) in [7, 11) is 4.23. The maximum absolute atomic E-state index is 11.1. The first-order valence-corrected chi connectivity index (χ1v) is 7.80. The molecule has 1 saturated carbocycles. The maximum atomic E-state index is 11.1. The number of hydrogen-bond acceptors (Lipinski definition) is 2. The molecule has 1 aromatic carbocycles. The van der Waals surface area contributed by atoms with E-state index in [1.807, 2.05) is 0 Å². The van der Waals surface area contributed by atoms with Gasteiger partial charge in [-0.2, -0.15) is 0 Å². The van der Waals surface area contributed by atoms with Crippen LogP contribution in [-0.4, -0.2) is 29.6 Å². The van der Waals surface area contributed by atoms with Crippen molar-refractivity contribution in [2.75, 3.05) is 14.1 Å². The molecule has 2 heteroatoms. The summed E-state index contributed by atoms with van der Waals surface area (Å²) in [5.74, 6) is 0.786. The second-order valence-corrected chi connectivity index (χ2v) is 6.87. The number of hydrogen-bond donors (Lipinski definition) is 1. The molecule has 2 rings (SSSR count). The van der Waals surface area contributed by atoms with Gasteiger partial charge in [0, 0.05) is 0 Å². The standard InChI is InChI=1S/C18H29NO/c1-13-9-11-18(12-10-13,19(4)5)17(20)16-8-6-7-14(2)15(16)3/h6-8,13,17,20H,9-12H2,1-5H3. The summed E-state index contributed by atoms with van der Waals surface area (Å²) >= 11 is 0. The van der Waals surface area contributed by atoms with E-state index in [0.29, 0.717) is 0 Å². The molecule has 0 spiro atoms. The molecule has 1 unspecified atom stereocenters. The third-order valence-corrected chi connectivity index (χ3v) is 5.48. The van der Waals surface area contributed by atoms with E-state index in [1.54, 1.807) is 0 Å². The Bertz CT molecular complexity index is 458. The van der Waals surface area contributed by atoms with Gasteiger partial charge in [-0.05, 0) is 76.2 Å². The van der Waals surface area contributed by atoms with Gasteiger partial charge in [-0.3, -0.25) is 0 Å². The van der Waals surface area contributed by atoms with Crippen molar-refractivity contribution in [1.82, 2.24) is 4.90 Å². The van der Waals surface area contributed by atoms with Gasteiger partial charge >= 0.3 is 0 Å². The molecule has 0 saturated heterocycles. The SMILES string of the molecule is Cc1cccc(C(O)C2(N(C)C)CCC(C)CC2)c1C. The molecule has 20 heavy (non-hydrogen) atoms. The predicted molar refractivity (Wildman–Crippen MR) is 84.9 cm³/mol. The predicted octanol–water partition coefficient (Wildman–Crippen LogP) is 3.85. The fraction of sp³-hybridized carbons (Fsp3) is 0.667. The van der Waals surface area contributed by atoms with E-state index in [-0.39, 0.29) is 5.54 Å². The molecule has 112 valence electrons. The molecule has 0 amide bonds. The van der Waals surface area contributed by atoms with Crippen molar-refractivity contribution in [2.45, 2.75) is 58.1 Å². The number of likely N-dealkylation sites (N-methyl/N-ethyl adjacent to an activating group) is 1. The topological polar surface area (TPSA) is 23.5 Å². The first-order valence-electron chi connectivity index (χ1n) is 7.80. The van der Waals surface area contributed by atoms with Gasteiger partial charge in [0.15, 0.2) is 0 Å². The molecule has 1 atom stereocenters. The minimum atomic E-state index is -0.398. The minimum absolute atomic E-state index is 0.106. The molecule has 0 aliphatic heterocycles. The Labute approximate surface area is 123 Å². The number of aliphatic hydroxyl groups excluding tert-OH is 1. The quantitative estimate of drug-likeness (QED) is 0.906. The van der Waals surface area contributed by atoms with Gasteiger partial charge in [-0.1, -0.05) is 25.1 Å². The number of benzene rings is 1. The number of rotatable bonds is 3. The van der Waals surface area contributed by atoms with Gasteiger partial charge in [0.2, 0.25) is 0 Å². The molecule has 1 aliphatic rings. The second-order valence-electron chi connectivity index (χ2n) is 6.87. The molecule has 0 radical (unpaired) electrons. The third-order valence-electron chi connectivity index (χ3n) is 5.48. The van der Waals surface area contributed by atoms with Crippen molar-refractivity contribution in [1.29, 1.82) is 0 Å². The Balaban J connectivity index is 2.37. The monoisotopic (exact) mass is 275 g/mol. The highest BCUT2D eigenvalue weighted by molar-refractivity contribution is 5.36. The lowest BCUT2D eigenvalue weighted by Crippen LogP contribution is -2.51. The van der Waals surface area contributed by atoms with E-state index in [1.165, 1.54) is 24.0 Å². The van der Waals surface area contributed by atoms with Crippen LogP contribution in [-0.2, 0) is 0 Å². The van der Waals surface area contributed by atoms with Crippen LogP contribution in [0.25, 0.3) is 0 Å². The zero-order chi connectivity index (χ0) is 14.9. The van der Waals surface area contributed by atoms with Gasteiger partial charge < -0.3 is 10.0 Å². The summed E-state index contributed by atoms with van der Waals surface area (Å²) in [5.41, 5.74) is 3.50. The highest BCUT2D eigenvalue weighted by Gasteiger charge is 2.43. The maximum Gasteiger partial charge on any atom is 0.0976 e. The van der Waals surface area contributed by atoms with Gasteiger partial charge in [-0.25, -0.2) is 0 Å². The van der Waals surface area contributed by atoms with Crippen LogP contribution < -0.4 is 0 Å². The molecule has 0 aromatic heterocycles. The summed E-state index contributed by atoms with van der Waals surface area (Å²) in [5, 5.41) is 11.1. The highest BCUT2D eigenvalue weighted by Crippen LogP contribution is 2.44. The smallest absolute Gasteiger partial charge is 0.0976 e. The van der Waals surface area contributed by atoms with Crippen LogP contribution >= 0.6 is 0 Å². The molecule has 1 N–H and O–H groups in total. The first kappa shape index (κ1) is 15.5. The molecular weight excluding hydrogens is 246 g/mol. The Morgan fingerprint density at radius 2 is 1.80 bits per heavy atom. The lowest BCUT2D eigenvalue weighted by atomic mass is 9.71.